The zero-order valence-electron chi connectivity index (χ0n) is 14.9. The van der Waals surface area contributed by atoms with Crippen LogP contribution in [0.3, 0.4) is 0 Å². The van der Waals surface area contributed by atoms with Crippen LogP contribution in [0.25, 0.3) is 11.1 Å². The molecule has 1 aliphatic rings. The molecule has 2 aromatic rings. The number of nitrogens with zero attached hydrogens (tertiary/aromatic N) is 1. The van der Waals surface area contributed by atoms with Gasteiger partial charge in [-0.05, 0) is 61.1 Å². The number of benzene rings is 2. The lowest BCUT2D eigenvalue weighted by Crippen LogP contribution is -2.45. The van der Waals surface area contributed by atoms with Gasteiger partial charge in [-0.15, -0.1) is 12.4 Å². The van der Waals surface area contributed by atoms with E-state index < -0.39 is 17.5 Å². The second-order valence-electron chi connectivity index (χ2n) is 6.84. The van der Waals surface area contributed by atoms with Crippen LogP contribution in [0.4, 0.5) is 13.2 Å². The van der Waals surface area contributed by atoms with E-state index in [9.17, 15) is 18.0 Å². The number of carbonyl (C=O) groups is 1. The highest BCUT2D eigenvalue weighted by atomic mass is 35.5. The van der Waals surface area contributed by atoms with Gasteiger partial charge < -0.3 is 10.6 Å². The lowest BCUT2D eigenvalue weighted by Gasteiger charge is -2.34. The minimum Gasteiger partial charge on any atom is -0.338 e. The molecule has 1 amide bonds. The van der Waals surface area contributed by atoms with Crippen LogP contribution in [0.5, 0.6) is 0 Å². The molecule has 1 saturated heterocycles. The summed E-state index contributed by atoms with van der Waals surface area (Å²) in [7, 11) is 0. The van der Waals surface area contributed by atoms with E-state index in [0.717, 1.165) is 25.0 Å². The Hall–Kier alpha value is -2.05. The summed E-state index contributed by atoms with van der Waals surface area (Å²) in [4.78, 5) is 14.5. The van der Waals surface area contributed by atoms with Crippen molar-refractivity contribution in [2.75, 3.05) is 13.1 Å². The van der Waals surface area contributed by atoms with Gasteiger partial charge in [-0.25, -0.2) is 13.2 Å². The van der Waals surface area contributed by atoms with E-state index in [1.165, 1.54) is 0 Å². The zero-order valence-corrected chi connectivity index (χ0v) is 15.7. The normalized spacial score (nSPS) is 18.0. The highest BCUT2D eigenvalue weighted by Gasteiger charge is 2.26. The summed E-state index contributed by atoms with van der Waals surface area (Å²) >= 11 is 0. The molecule has 2 aromatic carbocycles. The number of halogens is 4. The molecule has 0 saturated carbocycles. The summed E-state index contributed by atoms with van der Waals surface area (Å²) < 4.78 is 39.9. The van der Waals surface area contributed by atoms with Gasteiger partial charge in [0.15, 0.2) is 17.5 Å². The molecule has 146 valence electrons. The number of carbonyl (C=O) groups excluding carboxylic acids is 1. The number of likely N-dealkylation sites (tertiary alicyclic amines) is 1. The molecule has 0 aliphatic carbocycles. The average molecular weight is 399 g/mol. The van der Waals surface area contributed by atoms with Crippen molar-refractivity contribution in [3.63, 3.8) is 0 Å². The first kappa shape index (κ1) is 21.3. The van der Waals surface area contributed by atoms with Crippen LogP contribution in [0, 0.1) is 23.4 Å². The third kappa shape index (κ3) is 4.62. The molecule has 2 unspecified atom stereocenters. The Balaban J connectivity index is 0.00000261. The largest absolute Gasteiger partial charge is 0.338 e. The van der Waals surface area contributed by atoms with Crippen LogP contribution in [0.15, 0.2) is 36.4 Å². The van der Waals surface area contributed by atoms with Gasteiger partial charge in [-0.1, -0.05) is 12.1 Å². The average Bonchev–Trinajstić information content (AvgIpc) is 2.65. The van der Waals surface area contributed by atoms with Crippen molar-refractivity contribution < 1.29 is 18.0 Å². The van der Waals surface area contributed by atoms with E-state index in [1.54, 1.807) is 29.2 Å². The highest BCUT2D eigenvalue weighted by molar-refractivity contribution is 5.94. The summed E-state index contributed by atoms with van der Waals surface area (Å²) in [6, 6.07) is 8.36. The standard InChI is InChI=1S/C20H21F3N2O.ClH/c1-12(24)15-3-2-8-25(11-15)20(26)14-6-4-13(5-7-14)16-9-17(21)19(23)18(22)10-16;/h4-7,9-10,12,15H,2-3,8,11,24H2,1H3;1H. The van der Waals surface area contributed by atoms with Crippen molar-refractivity contribution in [1.29, 1.82) is 0 Å². The first-order valence-electron chi connectivity index (χ1n) is 8.66. The monoisotopic (exact) mass is 398 g/mol. The van der Waals surface area contributed by atoms with Crippen LogP contribution in [0.1, 0.15) is 30.1 Å². The molecule has 2 atom stereocenters. The molecule has 1 aliphatic heterocycles. The number of amides is 1. The fourth-order valence-electron chi connectivity index (χ4n) is 3.33. The fourth-order valence-corrected chi connectivity index (χ4v) is 3.33. The number of nitrogens with two attached hydrogens (primary N) is 1. The van der Waals surface area contributed by atoms with Crippen molar-refractivity contribution >= 4 is 18.3 Å². The molecular formula is C20H22ClF3N2O. The molecule has 1 fully saturated rings. The molecular weight excluding hydrogens is 377 g/mol. The smallest absolute Gasteiger partial charge is 0.253 e. The Bertz CT molecular complexity index is 788. The second kappa shape index (κ2) is 8.76. The van der Waals surface area contributed by atoms with Gasteiger partial charge in [0.25, 0.3) is 5.91 Å². The van der Waals surface area contributed by atoms with Crippen molar-refractivity contribution in [3.8, 4) is 11.1 Å². The van der Waals surface area contributed by atoms with Gasteiger partial charge in [-0.2, -0.15) is 0 Å². The lowest BCUT2D eigenvalue weighted by atomic mass is 9.91. The predicted molar refractivity (Wildman–Crippen MR) is 101 cm³/mol. The molecule has 0 bridgehead atoms. The van der Waals surface area contributed by atoms with Crippen molar-refractivity contribution in [1.82, 2.24) is 4.90 Å². The number of hydrogen-bond donors (Lipinski definition) is 1. The van der Waals surface area contributed by atoms with Crippen LogP contribution >= 0.6 is 12.4 Å². The summed E-state index contributed by atoms with van der Waals surface area (Å²) in [5.41, 5.74) is 7.19. The molecule has 2 N–H and O–H groups in total. The van der Waals surface area contributed by atoms with Crippen molar-refractivity contribution in [3.05, 3.63) is 59.4 Å². The van der Waals surface area contributed by atoms with E-state index in [1.807, 2.05) is 6.92 Å². The first-order chi connectivity index (χ1) is 12.4. The third-order valence-corrected chi connectivity index (χ3v) is 4.94. The maximum absolute atomic E-state index is 13.4. The number of piperidine rings is 1. The number of rotatable bonds is 3. The van der Waals surface area contributed by atoms with Gasteiger partial charge in [0.1, 0.15) is 0 Å². The van der Waals surface area contributed by atoms with E-state index in [-0.39, 0.29) is 35.8 Å². The van der Waals surface area contributed by atoms with Gasteiger partial charge in [0.05, 0.1) is 0 Å². The molecule has 27 heavy (non-hydrogen) atoms. The first-order valence-corrected chi connectivity index (χ1v) is 8.66. The van der Waals surface area contributed by atoms with Crippen molar-refractivity contribution in [2.24, 2.45) is 11.7 Å². The fraction of sp³-hybridized carbons (Fsp3) is 0.350. The Labute approximate surface area is 162 Å². The minimum atomic E-state index is -1.49. The van der Waals surface area contributed by atoms with Crippen LogP contribution < -0.4 is 5.73 Å². The molecule has 1 heterocycles. The maximum atomic E-state index is 13.4. The van der Waals surface area contributed by atoms with E-state index >= 15 is 0 Å². The SMILES string of the molecule is CC(N)C1CCCN(C(=O)c2ccc(-c3cc(F)c(F)c(F)c3)cc2)C1.Cl. The molecule has 3 nitrogen and oxygen atoms in total. The molecule has 3 rings (SSSR count). The molecule has 0 spiro atoms. The Morgan fingerprint density at radius 1 is 1.11 bits per heavy atom. The predicted octanol–water partition coefficient (Wildman–Crippen LogP) is 4.39. The van der Waals surface area contributed by atoms with E-state index in [2.05, 4.69) is 0 Å². The van der Waals surface area contributed by atoms with Crippen molar-refractivity contribution in [2.45, 2.75) is 25.8 Å². The van der Waals surface area contributed by atoms with Crippen LogP contribution in [-0.2, 0) is 0 Å². The number of hydrogen-bond acceptors (Lipinski definition) is 2. The summed E-state index contributed by atoms with van der Waals surface area (Å²) in [6.45, 7) is 3.28. The zero-order chi connectivity index (χ0) is 18.8. The third-order valence-electron chi connectivity index (χ3n) is 4.94. The quantitative estimate of drug-likeness (QED) is 0.779. The van der Waals surface area contributed by atoms with Gasteiger partial charge >= 0.3 is 0 Å². The van der Waals surface area contributed by atoms with E-state index in [0.29, 0.717) is 24.2 Å². The van der Waals surface area contributed by atoms with Gasteiger partial charge in [0, 0.05) is 24.7 Å². The Morgan fingerprint density at radius 3 is 2.26 bits per heavy atom. The second-order valence-corrected chi connectivity index (χ2v) is 6.84. The maximum Gasteiger partial charge on any atom is 0.253 e. The van der Waals surface area contributed by atoms with Crippen LogP contribution in [-0.4, -0.2) is 29.9 Å². The van der Waals surface area contributed by atoms with Gasteiger partial charge in [-0.3, -0.25) is 4.79 Å². The Morgan fingerprint density at radius 2 is 1.70 bits per heavy atom. The molecule has 0 radical (unpaired) electrons. The highest BCUT2D eigenvalue weighted by Crippen LogP contribution is 2.25. The van der Waals surface area contributed by atoms with Gasteiger partial charge in [0.2, 0.25) is 0 Å². The Kier molecular flexibility index (Phi) is 6.89. The molecule has 0 aromatic heterocycles. The lowest BCUT2D eigenvalue weighted by molar-refractivity contribution is 0.0661. The summed E-state index contributed by atoms with van der Waals surface area (Å²) in [6.07, 6.45) is 1.94. The summed E-state index contributed by atoms with van der Waals surface area (Å²) in [5, 5.41) is 0. The minimum absolute atomic E-state index is 0. The topological polar surface area (TPSA) is 46.3 Å². The van der Waals surface area contributed by atoms with E-state index in [4.69, 9.17) is 5.73 Å². The van der Waals surface area contributed by atoms with Crippen LogP contribution in [0.2, 0.25) is 0 Å². The summed E-state index contributed by atoms with van der Waals surface area (Å²) in [5.74, 6) is -3.77. The molecule has 7 heteroatoms.